The molecule has 0 unspecified atom stereocenters. The molecule has 1 fully saturated rings. The van der Waals surface area contributed by atoms with E-state index < -0.39 is 11.4 Å². The molecular weight excluding hydrogens is 228 g/mol. The fraction of sp³-hybridized carbons (Fsp3) is 0.786. The van der Waals surface area contributed by atoms with Crippen LogP contribution in [0.1, 0.15) is 52.9 Å². The zero-order valence-electron chi connectivity index (χ0n) is 11.5. The summed E-state index contributed by atoms with van der Waals surface area (Å²) in [6.07, 6.45) is 5.55. The van der Waals surface area contributed by atoms with E-state index in [-0.39, 0.29) is 11.8 Å². The van der Waals surface area contributed by atoms with Crippen molar-refractivity contribution in [2.45, 2.75) is 58.9 Å². The van der Waals surface area contributed by atoms with Gasteiger partial charge in [-0.15, -0.1) is 0 Å². The summed E-state index contributed by atoms with van der Waals surface area (Å²) in [6.45, 7) is 5.50. The van der Waals surface area contributed by atoms with E-state index in [1.165, 1.54) is 6.42 Å². The number of aliphatic imine (C=N–C) groups is 1. The Labute approximate surface area is 109 Å². The number of rotatable bonds is 4. The first-order chi connectivity index (χ1) is 8.51. The molecule has 4 heteroatoms. The van der Waals surface area contributed by atoms with Gasteiger partial charge in [0.05, 0.1) is 18.7 Å². The minimum absolute atomic E-state index is 0.172. The minimum Gasteiger partial charge on any atom is -0.461 e. The average molecular weight is 250 g/mol. The zero-order chi connectivity index (χ0) is 13.6. The molecule has 0 heterocycles. The third kappa shape index (κ3) is 3.83. The van der Waals surface area contributed by atoms with Crippen LogP contribution in [0, 0.1) is 16.7 Å². The zero-order valence-corrected chi connectivity index (χ0v) is 11.5. The first-order valence-electron chi connectivity index (χ1n) is 6.68. The lowest BCUT2D eigenvalue weighted by Crippen LogP contribution is -2.33. The van der Waals surface area contributed by atoms with E-state index in [0.29, 0.717) is 6.61 Å². The van der Waals surface area contributed by atoms with E-state index in [1.807, 2.05) is 0 Å². The topological polar surface area (TPSA) is 62.4 Å². The lowest BCUT2D eigenvalue weighted by molar-refractivity contribution is -0.135. The van der Waals surface area contributed by atoms with Crippen LogP contribution in [0.25, 0.3) is 0 Å². The standard InChI is InChI=1S/C14H22N2O2/c1-4-18-13(17)12(14(2,3)10-15)16-11-8-6-5-7-9-11/h11H,4-9H2,1-3H3/b16-12-. The molecule has 0 spiro atoms. The molecule has 1 saturated carbocycles. The van der Waals surface area contributed by atoms with Gasteiger partial charge in [-0.25, -0.2) is 4.79 Å². The lowest BCUT2D eigenvalue weighted by atomic mass is 9.88. The average Bonchev–Trinajstić information content (AvgIpc) is 2.37. The van der Waals surface area contributed by atoms with E-state index in [4.69, 9.17) is 4.74 Å². The second kappa shape index (κ2) is 6.53. The maximum absolute atomic E-state index is 11.9. The molecule has 18 heavy (non-hydrogen) atoms. The fourth-order valence-electron chi connectivity index (χ4n) is 2.11. The Bertz CT molecular complexity index is 360. The Kier molecular flexibility index (Phi) is 5.33. The summed E-state index contributed by atoms with van der Waals surface area (Å²) < 4.78 is 5.01. The van der Waals surface area contributed by atoms with Crippen LogP contribution in [-0.4, -0.2) is 24.3 Å². The van der Waals surface area contributed by atoms with Crippen molar-refractivity contribution < 1.29 is 9.53 Å². The molecule has 1 aliphatic rings. The summed E-state index contributed by atoms with van der Waals surface area (Å²) in [7, 11) is 0. The highest BCUT2D eigenvalue weighted by Gasteiger charge is 2.32. The smallest absolute Gasteiger partial charge is 0.353 e. The third-order valence-electron chi connectivity index (χ3n) is 3.23. The van der Waals surface area contributed by atoms with Crippen LogP contribution in [-0.2, 0) is 9.53 Å². The van der Waals surface area contributed by atoms with Crippen LogP contribution in [0.15, 0.2) is 4.99 Å². The molecule has 1 aliphatic carbocycles. The number of carbonyl (C=O) groups is 1. The molecule has 0 saturated heterocycles. The minimum atomic E-state index is -0.885. The van der Waals surface area contributed by atoms with Gasteiger partial charge in [0.15, 0.2) is 0 Å². The Balaban J connectivity index is 2.92. The van der Waals surface area contributed by atoms with Crippen molar-refractivity contribution in [3.63, 3.8) is 0 Å². The summed E-state index contributed by atoms with van der Waals surface area (Å²) in [6, 6.07) is 2.31. The highest BCUT2D eigenvalue weighted by Crippen LogP contribution is 2.24. The first-order valence-corrected chi connectivity index (χ1v) is 6.68. The van der Waals surface area contributed by atoms with Gasteiger partial charge < -0.3 is 4.74 Å². The second-order valence-electron chi connectivity index (χ2n) is 5.23. The summed E-state index contributed by atoms with van der Waals surface area (Å²) >= 11 is 0. The highest BCUT2D eigenvalue weighted by molar-refractivity contribution is 6.39. The quantitative estimate of drug-likeness (QED) is 0.569. The summed E-state index contributed by atoms with van der Waals surface area (Å²) in [5.41, 5.74) is -0.609. The molecule has 4 nitrogen and oxygen atoms in total. The number of nitriles is 1. The van der Waals surface area contributed by atoms with Gasteiger partial charge in [0, 0.05) is 0 Å². The van der Waals surface area contributed by atoms with Crippen LogP contribution in [0.2, 0.25) is 0 Å². The van der Waals surface area contributed by atoms with Crippen molar-refractivity contribution in [3.8, 4) is 6.07 Å². The molecule has 0 bridgehead atoms. The van der Waals surface area contributed by atoms with Gasteiger partial charge in [-0.1, -0.05) is 19.3 Å². The van der Waals surface area contributed by atoms with Gasteiger partial charge in [-0.2, -0.15) is 5.26 Å². The van der Waals surface area contributed by atoms with Crippen molar-refractivity contribution in [2.75, 3.05) is 6.61 Å². The molecule has 100 valence electrons. The van der Waals surface area contributed by atoms with Gasteiger partial charge in [-0.05, 0) is 33.6 Å². The van der Waals surface area contributed by atoms with Crippen LogP contribution in [0.5, 0.6) is 0 Å². The van der Waals surface area contributed by atoms with Crippen molar-refractivity contribution in [1.29, 1.82) is 5.26 Å². The third-order valence-corrected chi connectivity index (χ3v) is 3.23. The molecule has 0 aliphatic heterocycles. The van der Waals surface area contributed by atoms with Crippen molar-refractivity contribution in [2.24, 2.45) is 10.4 Å². The Morgan fingerprint density at radius 3 is 2.50 bits per heavy atom. The Hall–Kier alpha value is -1.37. The van der Waals surface area contributed by atoms with Gasteiger partial charge in [0.1, 0.15) is 11.1 Å². The largest absolute Gasteiger partial charge is 0.461 e. The second-order valence-corrected chi connectivity index (χ2v) is 5.23. The summed E-state index contributed by atoms with van der Waals surface area (Å²) in [4.78, 5) is 16.4. The maximum Gasteiger partial charge on any atom is 0.353 e. The van der Waals surface area contributed by atoms with E-state index in [0.717, 1.165) is 25.7 Å². The Morgan fingerprint density at radius 2 is 2.00 bits per heavy atom. The number of hydrogen-bond acceptors (Lipinski definition) is 4. The SMILES string of the molecule is CCOC(=O)/C(=N/C1CCCCC1)C(C)(C)C#N. The van der Waals surface area contributed by atoms with Crippen molar-refractivity contribution in [3.05, 3.63) is 0 Å². The number of ether oxygens (including phenoxy) is 1. The predicted octanol–water partition coefficient (Wildman–Crippen LogP) is 2.87. The van der Waals surface area contributed by atoms with Crippen molar-refractivity contribution in [1.82, 2.24) is 0 Å². The molecule has 0 N–H and O–H groups in total. The highest BCUT2D eigenvalue weighted by atomic mass is 16.5. The van der Waals surface area contributed by atoms with Crippen LogP contribution in [0.4, 0.5) is 0 Å². The number of nitrogens with zero attached hydrogens (tertiary/aromatic N) is 2. The number of hydrogen-bond donors (Lipinski definition) is 0. The van der Waals surface area contributed by atoms with Crippen molar-refractivity contribution >= 4 is 11.7 Å². The fourth-order valence-corrected chi connectivity index (χ4v) is 2.11. The molecular formula is C14H22N2O2. The van der Waals surface area contributed by atoms with Crippen LogP contribution < -0.4 is 0 Å². The normalized spacial score (nSPS) is 18.2. The summed E-state index contributed by atoms with van der Waals surface area (Å²) in [5.74, 6) is -0.449. The maximum atomic E-state index is 11.9. The van der Waals surface area contributed by atoms with E-state index in [1.54, 1.807) is 20.8 Å². The van der Waals surface area contributed by atoms with E-state index in [2.05, 4.69) is 11.1 Å². The lowest BCUT2D eigenvalue weighted by Gasteiger charge is -2.23. The van der Waals surface area contributed by atoms with E-state index >= 15 is 0 Å². The predicted molar refractivity (Wildman–Crippen MR) is 70.3 cm³/mol. The Morgan fingerprint density at radius 1 is 1.39 bits per heavy atom. The molecule has 0 radical (unpaired) electrons. The van der Waals surface area contributed by atoms with Gasteiger partial charge in [0.2, 0.25) is 0 Å². The molecule has 1 rings (SSSR count). The summed E-state index contributed by atoms with van der Waals surface area (Å²) in [5, 5.41) is 9.17. The molecule has 0 atom stereocenters. The molecule has 0 amide bonds. The first kappa shape index (κ1) is 14.7. The number of carbonyl (C=O) groups excluding carboxylic acids is 1. The van der Waals surface area contributed by atoms with Gasteiger partial charge in [-0.3, -0.25) is 4.99 Å². The monoisotopic (exact) mass is 250 g/mol. The van der Waals surface area contributed by atoms with Crippen LogP contribution >= 0.6 is 0 Å². The molecule has 0 aromatic rings. The van der Waals surface area contributed by atoms with Gasteiger partial charge in [0.25, 0.3) is 0 Å². The van der Waals surface area contributed by atoms with Gasteiger partial charge >= 0.3 is 5.97 Å². The molecule has 0 aromatic carbocycles. The van der Waals surface area contributed by atoms with E-state index in [9.17, 15) is 10.1 Å². The number of esters is 1. The van der Waals surface area contributed by atoms with Crippen LogP contribution in [0.3, 0.4) is 0 Å². The molecule has 0 aromatic heterocycles.